The van der Waals surface area contributed by atoms with Crippen molar-refractivity contribution in [1.82, 2.24) is 14.7 Å². The van der Waals surface area contributed by atoms with Gasteiger partial charge in [0, 0.05) is 19.6 Å². The molecule has 108 valence electrons. The molecule has 2 N–H and O–H groups in total. The molecule has 1 fully saturated rings. The van der Waals surface area contributed by atoms with Gasteiger partial charge >= 0.3 is 0 Å². The van der Waals surface area contributed by atoms with Crippen LogP contribution in [-0.2, 0) is 13.1 Å². The third-order valence-corrected chi connectivity index (χ3v) is 4.82. The number of nitrogens with two attached hydrogens (primary N) is 1. The summed E-state index contributed by atoms with van der Waals surface area (Å²) in [5.74, 6) is 1.33. The fourth-order valence-electron chi connectivity index (χ4n) is 2.91. The zero-order valence-corrected chi connectivity index (χ0v) is 13.0. The Morgan fingerprint density at radius 1 is 1.47 bits per heavy atom. The van der Waals surface area contributed by atoms with Gasteiger partial charge in [-0.1, -0.05) is 18.5 Å². The molecule has 1 aliphatic rings. The van der Waals surface area contributed by atoms with Gasteiger partial charge < -0.3 is 5.73 Å². The summed E-state index contributed by atoms with van der Waals surface area (Å²) in [7, 11) is 0. The van der Waals surface area contributed by atoms with Gasteiger partial charge in [-0.15, -0.1) is 0 Å². The van der Waals surface area contributed by atoms with Gasteiger partial charge in [-0.3, -0.25) is 9.58 Å². The van der Waals surface area contributed by atoms with Crippen molar-refractivity contribution in [1.29, 1.82) is 0 Å². The number of aryl methyl sites for hydroxylation is 2. The molecule has 2 heterocycles. The third kappa shape index (κ3) is 3.12. The minimum absolute atomic E-state index is 0.603. The van der Waals surface area contributed by atoms with Gasteiger partial charge in [-0.2, -0.15) is 5.10 Å². The zero-order chi connectivity index (χ0) is 14.0. The summed E-state index contributed by atoms with van der Waals surface area (Å²) >= 11 is 6.38. The quantitative estimate of drug-likeness (QED) is 0.923. The lowest BCUT2D eigenvalue weighted by Gasteiger charge is -2.36. The first kappa shape index (κ1) is 14.8. The van der Waals surface area contributed by atoms with Crippen LogP contribution in [0.5, 0.6) is 0 Å². The van der Waals surface area contributed by atoms with E-state index >= 15 is 0 Å². The molecule has 2 unspecified atom stereocenters. The molecule has 4 nitrogen and oxygen atoms in total. The molecule has 2 atom stereocenters. The minimum atomic E-state index is 0.603. The summed E-state index contributed by atoms with van der Waals surface area (Å²) in [5.41, 5.74) is 7.94. The molecular formula is C14H25ClN4. The second-order valence-electron chi connectivity index (χ2n) is 5.66. The highest BCUT2D eigenvalue weighted by Crippen LogP contribution is 2.26. The molecular weight excluding hydrogens is 260 g/mol. The monoisotopic (exact) mass is 284 g/mol. The summed E-state index contributed by atoms with van der Waals surface area (Å²) in [6, 6.07) is 0. The van der Waals surface area contributed by atoms with Crippen LogP contribution in [0.1, 0.15) is 31.7 Å². The molecule has 1 aromatic heterocycles. The summed E-state index contributed by atoms with van der Waals surface area (Å²) in [4.78, 5) is 2.46. The minimum Gasteiger partial charge on any atom is -0.330 e. The van der Waals surface area contributed by atoms with Crippen LogP contribution < -0.4 is 5.73 Å². The molecule has 0 amide bonds. The van der Waals surface area contributed by atoms with E-state index in [0.717, 1.165) is 55.1 Å². The van der Waals surface area contributed by atoms with Crippen molar-refractivity contribution in [3.05, 3.63) is 16.4 Å². The lowest BCUT2D eigenvalue weighted by atomic mass is 9.87. The highest BCUT2D eigenvalue weighted by molar-refractivity contribution is 6.31. The molecule has 5 heteroatoms. The van der Waals surface area contributed by atoms with Crippen LogP contribution >= 0.6 is 11.6 Å². The Labute approximate surface area is 120 Å². The van der Waals surface area contributed by atoms with Gasteiger partial charge in [-0.05, 0) is 45.2 Å². The number of hydrogen-bond donors (Lipinski definition) is 1. The number of hydrogen-bond acceptors (Lipinski definition) is 3. The predicted molar refractivity (Wildman–Crippen MR) is 79.3 cm³/mol. The molecule has 0 radical (unpaired) electrons. The van der Waals surface area contributed by atoms with Crippen LogP contribution in [0.3, 0.4) is 0 Å². The Morgan fingerprint density at radius 3 is 2.84 bits per heavy atom. The summed E-state index contributed by atoms with van der Waals surface area (Å²) < 4.78 is 2.02. The van der Waals surface area contributed by atoms with E-state index in [1.165, 1.54) is 6.42 Å². The number of aromatic nitrogens is 2. The van der Waals surface area contributed by atoms with Crippen molar-refractivity contribution < 1.29 is 0 Å². The van der Waals surface area contributed by atoms with E-state index in [9.17, 15) is 0 Å². The average molecular weight is 285 g/mol. The number of likely N-dealkylation sites (tertiary alicyclic amines) is 1. The van der Waals surface area contributed by atoms with Gasteiger partial charge in [0.05, 0.1) is 16.4 Å². The van der Waals surface area contributed by atoms with E-state index in [0.29, 0.717) is 5.92 Å². The fourth-order valence-corrected chi connectivity index (χ4v) is 3.10. The molecule has 0 aliphatic carbocycles. The standard InChI is InChI=1S/C14H25ClN4/c1-4-19-13(14(15)11(3)17-19)9-18-6-5-10(2)12(7-16)8-18/h10,12H,4-9,16H2,1-3H3. The second-order valence-corrected chi connectivity index (χ2v) is 6.04. The fraction of sp³-hybridized carbons (Fsp3) is 0.786. The van der Waals surface area contributed by atoms with E-state index in [1.807, 2.05) is 11.6 Å². The highest BCUT2D eigenvalue weighted by Gasteiger charge is 2.26. The molecule has 0 bridgehead atoms. The lowest BCUT2D eigenvalue weighted by molar-refractivity contribution is 0.123. The van der Waals surface area contributed by atoms with Crippen LogP contribution in [0, 0.1) is 18.8 Å². The predicted octanol–water partition coefficient (Wildman–Crippen LogP) is 2.28. The first-order valence-electron chi connectivity index (χ1n) is 7.21. The third-order valence-electron chi connectivity index (χ3n) is 4.33. The molecule has 0 saturated carbocycles. The topological polar surface area (TPSA) is 47.1 Å². The second kappa shape index (κ2) is 6.25. The van der Waals surface area contributed by atoms with Crippen LogP contribution in [0.15, 0.2) is 0 Å². The van der Waals surface area contributed by atoms with E-state index in [4.69, 9.17) is 17.3 Å². The van der Waals surface area contributed by atoms with E-state index in [1.54, 1.807) is 0 Å². The normalized spacial score (nSPS) is 24.9. The Balaban J connectivity index is 2.09. The summed E-state index contributed by atoms with van der Waals surface area (Å²) in [6.07, 6.45) is 1.22. The molecule has 1 saturated heterocycles. The number of rotatable bonds is 4. The first-order chi connectivity index (χ1) is 9.06. The lowest BCUT2D eigenvalue weighted by Crippen LogP contribution is -2.42. The molecule has 19 heavy (non-hydrogen) atoms. The van der Waals surface area contributed by atoms with Crippen molar-refractivity contribution in [2.45, 2.75) is 40.3 Å². The highest BCUT2D eigenvalue weighted by atomic mass is 35.5. The van der Waals surface area contributed by atoms with Crippen LogP contribution in [0.2, 0.25) is 5.02 Å². The van der Waals surface area contributed by atoms with E-state index in [2.05, 4.69) is 23.8 Å². The van der Waals surface area contributed by atoms with Crippen molar-refractivity contribution >= 4 is 11.6 Å². The van der Waals surface area contributed by atoms with Crippen molar-refractivity contribution in [3.8, 4) is 0 Å². The molecule has 0 spiro atoms. The van der Waals surface area contributed by atoms with Gasteiger partial charge in [0.15, 0.2) is 0 Å². The molecule has 0 aromatic carbocycles. The maximum absolute atomic E-state index is 6.38. The number of nitrogens with zero attached hydrogens (tertiary/aromatic N) is 3. The molecule has 1 aliphatic heterocycles. The largest absolute Gasteiger partial charge is 0.330 e. The summed E-state index contributed by atoms with van der Waals surface area (Å²) in [5, 5.41) is 5.31. The van der Waals surface area contributed by atoms with Gasteiger partial charge in [0.1, 0.15) is 0 Å². The first-order valence-corrected chi connectivity index (χ1v) is 7.58. The molecule has 1 aromatic rings. The Hall–Kier alpha value is -0.580. The van der Waals surface area contributed by atoms with E-state index in [-0.39, 0.29) is 0 Å². The Morgan fingerprint density at radius 2 is 2.21 bits per heavy atom. The van der Waals surface area contributed by atoms with Crippen LogP contribution in [0.4, 0.5) is 0 Å². The number of piperidine rings is 1. The van der Waals surface area contributed by atoms with Crippen LogP contribution in [-0.4, -0.2) is 34.3 Å². The average Bonchev–Trinajstić information content (AvgIpc) is 2.68. The summed E-state index contributed by atoms with van der Waals surface area (Å²) in [6.45, 7) is 11.1. The van der Waals surface area contributed by atoms with Crippen LogP contribution in [0.25, 0.3) is 0 Å². The van der Waals surface area contributed by atoms with Gasteiger partial charge in [0.25, 0.3) is 0 Å². The van der Waals surface area contributed by atoms with Crippen molar-refractivity contribution in [3.63, 3.8) is 0 Å². The van der Waals surface area contributed by atoms with Gasteiger partial charge in [-0.25, -0.2) is 0 Å². The Kier molecular flexibility index (Phi) is 4.87. The van der Waals surface area contributed by atoms with Crippen molar-refractivity contribution in [2.24, 2.45) is 17.6 Å². The van der Waals surface area contributed by atoms with Crippen molar-refractivity contribution in [2.75, 3.05) is 19.6 Å². The zero-order valence-electron chi connectivity index (χ0n) is 12.2. The number of halogens is 1. The molecule has 2 rings (SSSR count). The van der Waals surface area contributed by atoms with E-state index < -0.39 is 0 Å². The van der Waals surface area contributed by atoms with Gasteiger partial charge in [0.2, 0.25) is 0 Å². The maximum atomic E-state index is 6.38. The Bertz CT molecular complexity index is 429. The smallest absolute Gasteiger partial charge is 0.0860 e. The maximum Gasteiger partial charge on any atom is 0.0860 e. The SMILES string of the molecule is CCn1nc(C)c(Cl)c1CN1CCC(C)C(CN)C1.